The van der Waals surface area contributed by atoms with Gasteiger partial charge in [-0.25, -0.2) is 4.39 Å². The Kier molecular flexibility index (Phi) is 8.99. The van der Waals surface area contributed by atoms with E-state index in [2.05, 4.69) is 16.6 Å². The highest BCUT2D eigenvalue weighted by atomic mass is 19.1. The zero-order valence-corrected chi connectivity index (χ0v) is 13.0. The third-order valence-electron chi connectivity index (χ3n) is 3.32. The van der Waals surface area contributed by atoms with E-state index in [1.165, 1.54) is 13.8 Å². The van der Waals surface area contributed by atoms with E-state index in [9.17, 15) is 14.6 Å². The number of nitrogens with one attached hydrogen (secondary N) is 2. The molecule has 4 unspecified atom stereocenters. The Labute approximate surface area is 122 Å². The van der Waals surface area contributed by atoms with Crippen LogP contribution >= 0.6 is 0 Å². The van der Waals surface area contributed by atoms with Crippen LogP contribution in [-0.4, -0.2) is 48.4 Å². The number of terminal acetylenes is 1. The molecule has 4 N–H and O–H groups in total. The molecule has 0 aliphatic heterocycles. The van der Waals surface area contributed by atoms with E-state index in [1.54, 1.807) is 14.0 Å². The van der Waals surface area contributed by atoms with Gasteiger partial charge in [0.1, 0.15) is 11.9 Å². The van der Waals surface area contributed by atoms with Gasteiger partial charge in [-0.15, -0.1) is 12.3 Å². The van der Waals surface area contributed by atoms with Crippen molar-refractivity contribution >= 4 is 0 Å². The molecule has 0 bridgehead atoms. The summed E-state index contributed by atoms with van der Waals surface area (Å²) < 4.78 is 13.8. The zero-order valence-electron chi connectivity index (χ0n) is 13.0. The maximum absolute atomic E-state index is 13.8. The number of hydrogen-bond acceptors (Lipinski definition) is 4. The van der Waals surface area contributed by atoms with Crippen molar-refractivity contribution in [2.45, 2.75) is 51.6 Å². The molecule has 20 heavy (non-hydrogen) atoms. The number of halogens is 1. The van der Waals surface area contributed by atoms with Crippen molar-refractivity contribution in [3.63, 3.8) is 0 Å². The van der Waals surface area contributed by atoms with Gasteiger partial charge in [0.2, 0.25) is 0 Å². The van der Waals surface area contributed by atoms with Crippen LogP contribution in [0.5, 0.6) is 0 Å². The number of hydrogen-bond donors (Lipinski definition) is 4. The molecular formula is C15H29FN2O2. The van der Waals surface area contributed by atoms with Crippen molar-refractivity contribution in [3.8, 4) is 12.3 Å². The van der Waals surface area contributed by atoms with Gasteiger partial charge in [-0.2, -0.15) is 0 Å². The minimum atomic E-state index is -1.30. The molecule has 0 aliphatic rings. The van der Waals surface area contributed by atoms with Crippen LogP contribution in [0.2, 0.25) is 0 Å². The molecule has 0 spiro atoms. The fourth-order valence-electron chi connectivity index (χ4n) is 2.24. The van der Waals surface area contributed by atoms with Gasteiger partial charge in [0, 0.05) is 25.1 Å². The van der Waals surface area contributed by atoms with Crippen LogP contribution in [0, 0.1) is 24.2 Å². The fraction of sp³-hybridized carbons (Fsp3) is 0.867. The van der Waals surface area contributed by atoms with Crippen LogP contribution < -0.4 is 10.6 Å². The Hall–Kier alpha value is -0.670. The summed E-state index contributed by atoms with van der Waals surface area (Å²) in [5.41, 5.74) is -1.30. The lowest BCUT2D eigenvalue weighted by Crippen LogP contribution is -2.40. The van der Waals surface area contributed by atoms with Crippen LogP contribution in [0.4, 0.5) is 4.39 Å². The summed E-state index contributed by atoms with van der Waals surface area (Å²) in [5.74, 6) is 2.47. The molecule has 0 aromatic carbocycles. The predicted molar refractivity (Wildman–Crippen MR) is 79.9 cm³/mol. The van der Waals surface area contributed by atoms with E-state index in [1.807, 2.05) is 0 Å². The maximum atomic E-state index is 13.8. The molecule has 118 valence electrons. The van der Waals surface area contributed by atoms with Gasteiger partial charge in [0.15, 0.2) is 0 Å². The van der Waals surface area contributed by atoms with Crippen molar-refractivity contribution in [2.75, 3.05) is 20.2 Å². The van der Waals surface area contributed by atoms with Gasteiger partial charge in [-0.3, -0.25) is 5.32 Å². The Morgan fingerprint density at radius 3 is 2.35 bits per heavy atom. The predicted octanol–water partition coefficient (Wildman–Crippen LogP) is 0.888. The van der Waals surface area contributed by atoms with Crippen LogP contribution in [0.15, 0.2) is 0 Å². The topological polar surface area (TPSA) is 64.5 Å². The van der Waals surface area contributed by atoms with Crippen LogP contribution in [0.25, 0.3) is 0 Å². The second-order valence-electron chi connectivity index (χ2n) is 5.96. The van der Waals surface area contributed by atoms with Crippen LogP contribution in [0.3, 0.4) is 0 Å². The number of aliphatic hydroxyl groups is 2. The van der Waals surface area contributed by atoms with Crippen molar-refractivity contribution < 1.29 is 14.6 Å². The molecule has 0 aromatic heterocycles. The van der Waals surface area contributed by atoms with Gasteiger partial charge in [-0.05, 0) is 46.6 Å². The second kappa shape index (κ2) is 9.30. The lowest BCUT2D eigenvalue weighted by atomic mass is 9.85. The van der Waals surface area contributed by atoms with Gasteiger partial charge in [0.25, 0.3) is 0 Å². The summed E-state index contributed by atoms with van der Waals surface area (Å²) >= 11 is 0. The monoisotopic (exact) mass is 288 g/mol. The first-order chi connectivity index (χ1) is 9.23. The highest BCUT2D eigenvalue weighted by molar-refractivity contribution is 5.01. The van der Waals surface area contributed by atoms with Crippen LogP contribution in [0.1, 0.15) is 33.6 Å². The van der Waals surface area contributed by atoms with E-state index < -0.39 is 11.9 Å². The van der Waals surface area contributed by atoms with E-state index in [-0.39, 0.29) is 24.5 Å². The quantitative estimate of drug-likeness (QED) is 0.356. The molecule has 4 nitrogen and oxygen atoms in total. The van der Waals surface area contributed by atoms with Gasteiger partial charge >= 0.3 is 0 Å². The Morgan fingerprint density at radius 2 is 2.00 bits per heavy atom. The molecular weight excluding hydrogens is 259 g/mol. The third kappa shape index (κ3) is 8.49. The second-order valence-corrected chi connectivity index (χ2v) is 5.96. The average Bonchev–Trinajstić information content (AvgIpc) is 2.35. The SMILES string of the molecule is C#CC(CC(CO)CNC(C)O)C(CC(C)(C)F)NC. The van der Waals surface area contributed by atoms with Crippen molar-refractivity contribution in [3.05, 3.63) is 0 Å². The molecule has 0 heterocycles. The zero-order chi connectivity index (χ0) is 15.8. The Balaban J connectivity index is 4.59. The lowest BCUT2D eigenvalue weighted by molar-refractivity contribution is 0.125. The summed E-state index contributed by atoms with van der Waals surface area (Å²) in [7, 11) is 1.77. The van der Waals surface area contributed by atoms with Gasteiger partial charge < -0.3 is 15.5 Å². The summed E-state index contributed by atoms with van der Waals surface area (Å²) in [6.45, 7) is 5.14. The highest BCUT2D eigenvalue weighted by Crippen LogP contribution is 2.24. The van der Waals surface area contributed by atoms with Crippen LogP contribution in [-0.2, 0) is 0 Å². The van der Waals surface area contributed by atoms with E-state index in [4.69, 9.17) is 6.42 Å². The molecule has 0 aliphatic carbocycles. The molecule has 4 atom stereocenters. The summed E-state index contributed by atoms with van der Waals surface area (Å²) in [6.07, 6.45) is 5.83. The Bertz CT molecular complexity index is 297. The van der Waals surface area contributed by atoms with Crippen molar-refractivity contribution in [2.24, 2.45) is 11.8 Å². The lowest BCUT2D eigenvalue weighted by Gasteiger charge is -2.29. The molecule has 0 aromatic rings. The molecule has 5 heteroatoms. The normalized spacial score (nSPS) is 18.1. The number of rotatable bonds is 10. The van der Waals surface area contributed by atoms with E-state index in [0.717, 1.165) is 0 Å². The Morgan fingerprint density at radius 1 is 1.40 bits per heavy atom. The molecule has 0 rings (SSSR count). The summed E-state index contributed by atoms with van der Waals surface area (Å²) in [4.78, 5) is 0. The standard InChI is InChI=1S/C15H29FN2O2/c1-6-13(14(17-5)8-15(3,4)16)7-12(10-19)9-18-11(2)20/h1,11-14,17-20H,7-10H2,2-5H3. The van der Waals surface area contributed by atoms with Crippen molar-refractivity contribution in [1.82, 2.24) is 10.6 Å². The summed E-state index contributed by atoms with van der Waals surface area (Å²) in [5, 5.41) is 24.5. The van der Waals surface area contributed by atoms with E-state index in [0.29, 0.717) is 19.4 Å². The summed E-state index contributed by atoms with van der Waals surface area (Å²) in [6, 6.07) is -0.138. The smallest absolute Gasteiger partial charge is 0.107 e. The maximum Gasteiger partial charge on any atom is 0.107 e. The molecule has 0 saturated heterocycles. The largest absolute Gasteiger partial charge is 0.396 e. The number of aliphatic hydroxyl groups excluding tert-OH is 2. The van der Waals surface area contributed by atoms with Gasteiger partial charge in [-0.1, -0.05) is 0 Å². The highest BCUT2D eigenvalue weighted by Gasteiger charge is 2.28. The minimum absolute atomic E-state index is 0.0205. The first-order valence-electron chi connectivity index (χ1n) is 7.08. The molecule has 0 radical (unpaired) electrons. The third-order valence-corrected chi connectivity index (χ3v) is 3.32. The molecule has 0 amide bonds. The van der Waals surface area contributed by atoms with Crippen molar-refractivity contribution in [1.29, 1.82) is 0 Å². The average molecular weight is 288 g/mol. The fourth-order valence-corrected chi connectivity index (χ4v) is 2.24. The molecule has 0 fully saturated rings. The van der Waals surface area contributed by atoms with Gasteiger partial charge in [0.05, 0.1) is 0 Å². The number of alkyl halides is 1. The van der Waals surface area contributed by atoms with E-state index >= 15 is 0 Å². The minimum Gasteiger partial charge on any atom is -0.396 e. The first-order valence-corrected chi connectivity index (χ1v) is 7.08. The molecule has 0 saturated carbocycles. The first kappa shape index (κ1) is 19.3.